The average molecular weight is 202 g/mol. The van der Waals surface area contributed by atoms with E-state index in [2.05, 4.69) is 15.4 Å². The van der Waals surface area contributed by atoms with Crippen LogP contribution in [0.3, 0.4) is 0 Å². The first-order chi connectivity index (χ1) is 7.34. The molecule has 0 amide bonds. The van der Waals surface area contributed by atoms with Crippen molar-refractivity contribution in [2.75, 3.05) is 6.54 Å². The molecule has 4 heteroatoms. The maximum atomic E-state index is 4.54. The molecule has 15 heavy (non-hydrogen) atoms. The standard InChI is InChI=1S/C11H14N4/c1-8-4-2-6-10-13-11(14-15(8)10)9-5-3-7-12-9/h2,4,6,9,12H,3,5,7H2,1H3. The molecule has 3 heterocycles. The minimum atomic E-state index is 0.351. The number of hydrogen-bond acceptors (Lipinski definition) is 3. The van der Waals surface area contributed by atoms with E-state index >= 15 is 0 Å². The number of hydrogen-bond donors (Lipinski definition) is 1. The first kappa shape index (κ1) is 8.85. The highest BCUT2D eigenvalue weighted by Gasteiger charge is 2.20. The second-order valence-electron chi connectivity index (χ2n) is 4.06. The number of aryl methyl sites for hydroxylation is 1. The summed E-state index contributed by atoms with van der Waals surface area (Å²) < 4.78 is 1.91. The summed E-state index contributed by atoms with van der Waals surface area (Å²) >= 11 is 0. The van der Waals surface area contributed by atoms with Crippen LogP contribution in [0.15, 0.2) is 18.2 Å². The quantitative estimate of drug-likeness (QED) is 0.761. The van der Waals surface area contributed by atoms with Crippen LogP contribution in [-0.2, 0) is 0 Å². The van der Waals surface area contributed by atoms with Gasteiger partial charge in [-0.1, -0.05) is 6.07 Å². The third-order valence-corrected chi connectivity index (χ3v) is 2.94. The van der Waals surface area contributed by atoms with Gasteiger partial charge in [-0.15, -0.1) is 5.10 Å². The third kappa shape index (κ3) is 1.41. The monoisotopic (exact) mass is 202 g/mol. The van der Waals surface area contributed by atoms with Crippen LogP contribution in [0.5, 0.6) is 0 Å². The van der Waals surface area contributed by atoms with Crippen molar-refractivity contribution >= 4 is 5.65 Å². The highest BCUT2D eigenvalue weighted by atomic mass is 15.3. The molecule has 0 aromatic carbocycles. The zero-order chi connectivity index (χ0) is 10.3. The van der Waals surface area contributed by atoms with Crippen LogP contribution in [0.4, 0.5) is 0 Å². The predicted octanol–water partition coefficient (Wildman–Crippen LogP) is 1.46. The molecule has 0 radical (unpaired) electrons. The molecule has 2 aromatic rings. The summed E-state index contributed by atoms with van der Waals surface area (Å²) in [5.74, 6) is 0.932. The molecule has 1 saturated heterocycles. The first-order valence-electron chi connectivity index (χ1n) is 5.40. The van der Waals surface area contributed by atoms with Gasteiger partial charge in [-0.25, -0.2) is 9.50 Å². The zero-order valence-electron chi connectivity index (χ0n) is 8.77. The summed E-state index contributed by atoms with van der Waals surface area (Å²) in [5.41, 5.74) is 2.07. The van der Waals surface area contributed by atoms with E-state index < -0.39 is 0 Å². The molecule has 1 atom stereocenters. The highest BCUT2D eigenvalue weighted by molar-refractivity contribution is 5.38. The van der Waals surface area contributed by atoms with Gasteiger partial charge in [0.1, 0.15) is 0 Å². The van der Waals surface area contributed by atoms with E-state index in [0.29, 0.717) is 6.04 Å². The fraction of sp³-hybridized carbons (Fsp3) is 0.455. The largest absolute Gasteiger partial charge is 0.307 e. The van der Waals surface area contributed by atoms with Crippen LogP contribution in [0.2, 0.25) is 0 Å². The molecule has 1 aliphatic heterocycles. The van der Waals surface area contributed by atoms with Crippen molar-refractivity contribution in [3.05, 3.63) is 29.7 Å². The lowest BCUT2D eigenvalue weighted by Gasteiger charge is -2.02. The second kappa shape index (κ2) is 3.31. The van der Waals surface area contributed by atoms with Crippen molar-refractivity contribution in [2.24, 2.45) is 0 Å². The molecule has 0 spiro atoms. The minimum absolute atomic E-state index is 0.351. The molecule has 4 nitrogen and oxygen atoms in total. The van der Waals surface area contributed by atoms with Gasteiger partial charge < -0.3 is 5.32 Å². The molecular weight excluding hydrogens is 188 g/mol. The first-order valence-corrected chi connectivity index (χ1v) is 5.40. The highest BCUT2D eigenvalue weighted by Crippen LogP contribution is 2.20. The minimum Gasteiger partial charge on any atom is -0.307 e. The van der Waals surface area contributed by atoms with E-state index in [4.69, 9.17) is 0 Å². The number of nitrogens with zero attached hydrogens (tertiary/aromatic N) is 3. The normalized spacial score (nSPS) is 21.3. The smallest absolute Gasteiger partial charge is 0.168 e. The van der Waals surface area contributed by atoms with Crippen LogP contribution in [0.1, 0.15) is 30.4 Å². The molecule has 3 rings (SSSR count). The fourth-order valence-electron chi connectivity index (χ4n) is 2.10. The Hall–Kier alpha value is -1.42. The van der Waals surface area contributed by atoms with E-state index in [9.17, 15) is 0 Å². The van der Waals surface area contributed by atoms with Gasteiger partial charge in [0, 0.05) is 5.69 Å². The lowest BCUT2D eigenvalue weighted by molar-refractivity contribution is 0.603. The van der Waals surface area contributed by atoms with Crippen LogP contribution in [0, 0.1) is 6.92 Å². The van der Waals surface area contributed by atoms with Crippen LogP contribution >= 0.6 is 0 Å². The maximum Gasteiger partial charge on any atom is 0.168 e. The molecule has 2 aromatic heterocycles. The van der Waals surface area contributed by atoms with E-state index in [-0.39, 0.29) is 0 Å². The summed E-state index contributed by atoms with van der Waals surface area (Å²) in [6.07, 6.45) is 2.37. The van der Waals surface area contributed by atoms with Gasteiger partial charge in [0.05, 0.1) is 6.04 Å². The van der Waals surface area contributed by atoms with Crippen molar-refractivity contribution in [2.45, 2.75) is 25.8 Å². The van der Waals surface area contributed by atoms with Gasteiger partial charge >= 0.3 is 0 Å². The maximum absolute atomic E-state index is 4.54. The Labute approximate surface area is 88.3 Å². The lowest BCUT2D eigenvalue weighted by atomic mass is 10.2. The molecule has 0 bridgehead atoms. The SMILES string of the molecule is Cc1cccc2nc(C3CCCN3)nn12. The van der Waals surface area contributed by atoms with Crippen molar-refractivity contribution in [3.8, 4) is 0 Å². The van der Waals surface area contributed by atoms with Gasteiger partial charge in [-0.3, -0.25) is 0 Å². The van der Waals surface area contributed by atoms with E-state index in [1.54, 1.807) is 0 Å². The van der Waals surface area contributed by atoms with Gasteiger partial charge in [-0.2, -0.15) is 0 Å². The number of rotatable bonds is 1. The molecule has 1 unspecified atom stereocenters. The Kier molecular flexibility index (Phi) is 1.95. The van der Waals surface area contributed by atoms with Crippen molar-refractivity contribution in [3.63, 3.8) is 0 Å². The number of fused-ring (bicyclic) bond motifs is 1. The van der Waals surface area contributed by atoms with Crippen LogP contribution in [-0.4, -0.2) is 21.1 Å². The Balaban J connectivity index is 2.09. The molecule has 78 valence electrons. The summed E-state index contributed by atoms with van der Waals surface area (Å²) in [6.45, 7) is 3.13. The zero-order valence-corrected chi connectivity index (χ0v) is 8.77. The summed E-state index contributed by atoms with van der Waals surface area (Å²) in [6, 6.07) is 6.42. The molecule has 1 aliphatic rings. The Bertz CT molecular complexity index is 482. The van der Waals surface area contributed by atoms with Crippen LogP contribution in [0.25, 0.3) is 5.65 Å². The number of aromatic nitrogens is 3. The van der Waals surface area contributed by atoms with E-state index in [1.165, 1.54) is 6.42 Å². The number of pyridine rings is 1. The Morgan fingerprint density at radius 2 is 2.40 bits per heavy atom. The average Bonchev–Trinajstić information content (AvgIpc) is 2.86. The Morgan fingerprint density at radius 3 is 3.13 bits per heavy atom. The molecule has 0 aliphatic carbocycles. The number of nitrogens with one attached hydrogen (secondary N) is 1. The van der Waals surface area contributed by atoms with Gasteiger partial charge in [0.2, 0.25) is 0 Å². The Morgan fingerprint density at radius 1 is 1.47 bits per heavy atom. The van der Waals surface area contributed by atoms with Crippen molar-refractivity contribution in [1.29, 1.82) is 0 Å². The predicted molar refractivity (Wildman–Crippen MR) is 57.7 cm³/mol. The summed E-state index contributed by atoms with van der Waals surface area (Å²) in [4.78, 5) is 4.54. The van der Waals surface area contributed by atoms with Gasteiger partial charge in [0.25, 0.3) is 0 Å². The topological polar surface area (TPSA) is 42.2 Å². The fourth-order valence-corrected chi connectivity index (χ4v) is 2.10. The van der Waals surface area contributed by atoms with Gasteiger partial charge in [-0.05, 0) is 38.4 Å². The molecule has 1 N–H and O–H groups in total. The van der Waals surface area contributed by atoms with Crippen molar-refractivity contribution in [1.82, 2.24) is 19.9 Å². The molecular formula is C11H14N4. The summed E-state index contributed by atoms with van der Waals surface area (Å²) in [5, 5.41) is 7.95. The van der Waals surface area contributed by atoms with Crippen molar-refractivity contribution < 1.29 is 0 Å². The third-order valence-electron chi connectivity index (χ3n) is 2.94. The molecule has 0 saturated carbocycles. The second-order valence-corrected chi connectivity index (χ2v) is 4.06. The van der Waals surface area contributed by atoms with Gasteiger partial charge in [0.15, 0.2) is 11.5 Å². The van der Waals surface area contributed by atoms with E-state index in [0.717, 1.165) is 30.1 Å². The van der Waals surface area contributed by atoms with Crippen LogP contribution < -0.4 is 5.32 Å². The summed E-state index contributed by atoms with van der Waals surface area (Å²) in [7, 11) is 0. The lowest BCUT2D eigenvalue weighted by Crippen LogP contribution is -2.14. The molecule has 1 fully saturated rings. The van der Waals surface area contributed by atoms with E-state index in [1.807, 2.05) is 29.6 Å².